The van der Waals surface area contributed by atoms with E-state index in [2.05, 4.69) is 15.6 Å². The maximum atomic E-state index is 12.8. The first-order valence-corrected chi connectivity index (χ1v) is 4.25. The van der Waals surface area contributed by atoms with Gasteiger partial charge in [0.1, 0.15) is 11.6 Å². The summed E-state index contributed by atoms with van der Waals surface area (Å²) in [7, 11) is 0. The molecule has 0 aromatic heterocycles. The Bertz CT molecular complexity index is 356. The van der Waals surface area contributed by atoms with Gasteiger partial charge >= 0.3 is 0 Å². The van der Waals surface area contributed by atoms with E-state index >= 15 is 0 Å². The SMILES string of the molecule is Fc1cc(F)cc(NC2=NCCN2)c1. The minimum absolute atomic E-state index is 0.357. The van der Waals surface area contributed by atoms with Gasteiger partial charge in [0, 0.05) is 18.3 Å². The van der Waals surface area contributed by atoms with Crippen molar-refractivity contribution in [2.24, 2.45) is 4.99 Å². The lowest BCUT2D eigenvalue weighted by atomic mass is 10.3. The fourth-order valence-electron chi connectivity index (χ4n) is 1.24. The molecule has 0 saturated carbocycles. The molecule has 0 unspecified atom stereocenters. The summed E-state index contributed by atoms with van der Waals surface area (Å²) in [5.74, 6) is -0.660. The summed E-state index contributed by atoms with van der Waals surface area (Å²) < 4.78 is 25.5. The van der Waals surface area contributed by atoms with E-state index in [-0.39, 0.29) is 0 Å². The molecule has 14 heavy (non-hydrogen) atoms. The number of nitrogens with one attached hydrogen (secondary N) is 2. The van der Waals surface area contributed by atoms with Crippen LogP contribution >= 0.6 is 0 Å². The Balaban J connectivity index is 2.15. The Labute approximate surface area is 79.8 Å². The molecule has 1 aliphatic rings. The molecule has 1 aromatic rings. The van der Waals surface area contributed by atoms with Gasteiger partial charge in [0.15, 0.2) is 5.96 Å². The van der Waals surface area contributed by atoms with Crippen molar-refractivity contribution in [3.63, 3.8) is 0 Å². The fourth-order valence-corrected chi connectivity index (χ4v) is 1.24. The smallest absolute Gasteiger partial charge is 0.195 e. The third-order valence-corrected chi connectivity index (χ3v) is 1.80. The van der Waals surface area contributed by atoms with E-state index in [4.69, 9.17) is 0 Å². The Kier molecular flexibility index (Phi) is 2.30. The molecule has 0 amide bonds. The maximum absolute atomic E-state index is 12.8. The predicted octanol–water partition coefficient (Wildman–Crippen LogP) is 1.34. The second kappa shape index (κ2) is 3.61. The van der Waals surface area contributed by atoms with Crippen LogP contribution in [0.4, 0.5) is 14.5 Å². The molecule has 1 heterocycles. The number of aliphatic imine (C=N–C) groups is 1. The van der Waals surface area contributed by atoms with Gasteiger partial charge in [0.25, 0.3) is 0 Å². The van der Waals surface area contributed by atoms with Crippen molar-refractivity contribution < 1.29 is 8.78 Å². The third kappa shape index (κ3) is 1.99. The summed E-state index contributed by atoms with van der Waals surface area (Å²) in [5, 5.41) is 5.72. The predicted molar refractivity (Wildman–Crippen MR) is 50.3 cm³/mol. The van der Waals surface area contributed by atoms with Gasteiger partial charge in [-0.1, -0.05) is 0 Å². The summed E-state index contributed by atoms with van der Waals surface area (Å²) in [5.41, 5.74) is 0.357. The largest absolute Gasteiger partial charge is 0.354 e. The van der Waals surface area contributed by atoms with Crippen LogP contribution in [0.25, 0.3) is 0 Å². The lowest BCUT2D eigenvalue weighted by molar-refractivity contribution is 0.584. The number of halogens is 2. The second-order valence-corrected chi connectivity index (χ2v) is 2.94. The van der Waals surface area contributed by atoms with Crippen molar-refractivity contribution in [3.05, 3.63) is 29.8 Å². The van der Waals surface area contributed by atoms with Gasteiger partial charge in [0.2, 0.25) is 0 Å². The lowest BCUT2D eigenvalue weighted by Crippen LogP contribution is -2.26. The van der Waals surface area contributed by atoms with Crippen LogP contribution in [0.2, 0.25) is 0 Å². The third-order valence-electron chi connectivity index (χ3n) is 1.80. The molecule has 0 atom stereocenters. The standard InChI is InChI=1S/C9H9F2N3/c10-6-3-7(11)5-8(4-6)14-9-12-1-2-13-9/h3-5H,1-2H2,(H2,12,13,14). The number of benzene rings is 1. The second-order valence-electron chi connectivity index (χ2n) is 2.94. The van der Waals surface area contributed by atoms with Crippen LogP contribution in [0.15, 0.2) is 23.2 Å². The van der Waals surface area contributed by atoms with Crippen molar-refractivity contribution in [2.75, 3.05) is 18.4 Å². The molecule has 0 bridgehead atoms. The molecular formula is C9H9F2N3. The van der Waals surface area contributed by atoms with Gasteiger partial charge in [-0.05, 0) is 12.1 Å². The Morgan fingerprint density at radius 2 is 1.93 bits per heavy atom. The van der Waals surface area contributed by atoms with Crippen LogP contribution in [-0.2, 0) is 0 Å². The topological polar surface area (TPSA) is 36.4 Å². The summed E-state index contributed by atoms with van der Waals surface area (Å²) in [6.07, 6.45) is 0. The monoisotopic (exact) mass is 197 g/mol. The van der Waals surface area contributed by atoms with Crippen LogP contribution in [0.5, 0.6) is 0 Å². The molecule has 74 valence electrons. The maximum Gasteiger partial charge on any atom is 0.195 e. The molecule has 0 saturated heterocycles. The number of guanidine groups is 1. The lowest BCUT2D eigenvalue weighted by Gasteiger charge is -2.06. The van der Waals surface area contributed by atoms with Gasteiger partial charge in [-0.25, -0.2) is 8.78 Å². The van der Waals surface area contributed by atoms with E-state index in [9.17, 15) is 8.78 Å². The highest BCUT2D eigenvalue weighted by Crippen LogP contribution is 2.12. The molecule has 5 heteroatoms. The molecule has 0 spiro atoms. The van der Waals surface area contributed by atoms with E-state index in [1.165, 1.54) is 12.1 Å². The van der Waals surface area contributed by atoms with E-state index in [0.29, 0.717) is 18.2 Å². The molecule has 2 N–H and O–H groups in total. The highest BCUT2D eigenvalue weighted by molar-refractivity contribution is 5.94. The molecule has 1 aromatic carbocycles. The summed E-state index contributed by atoms with van der Waals surface area (Å²) in [6.45, 7) is 1.43. The average Bonchev–Trinajstić information content (AvgIpc) is 2.54. The first kappa shape index (κ1) is 8.93. The molecular weight excluding hydrogens is 188 g/mol. The zero-order valence-corrected chi connectivity index (χ0v) is 7.35. The minimum Gasteiger partial charge on any atom is -0.354 e. The Hall–Kier alpha value is -1.65. The van der Waals surface area contributed by atoms with Gasteiger partial charge in [0.05, 0.1) is 6.54 Å². The van der Waals surface area contributed by atoms with E-state index in [0.717, 1.165) is 12.6 Å². The highest BCUT2D eigenvalue weighted by atomic mass is 19.1. The van der Waals surface area contributed by atoms with E-state index in [1.54, 1.807) is 0 Å². The normalized spacial score (nSPS) is 14.9. The number of rotatable bonds is 1. The zero-order valence-electron chi connectivity index (χ0n) is 7.35. The first-order valence-electron chi connectivity index (χ1n) is 4.25. The Morgan fingerprint density at radius 1 is 1.21 bits per heavy atom. The van der Waals surface area contributed by atoms with Crippen LogP contribution in [0.3, 0.4) is 0 Å². The fraction of sp³-hybridized carbons (Fsp3) is 0.222. The van der Waals surface area contributed by atoms with Gasteiger partial charge in [-0.15, -0.1) is 0 Å². The number of hydrogen-bond donors (Lipinski definition) is 2. The van der Waals surface area contributed by atoms with Gasteiger partial charge in [-0.3, -0.25) is 4.99 Å². The first-order chi connectivity index (χ1) is 6.74. The molecule has 0 fully saturated rings. The van der Waals surface area contributed by atoms with E-state index in [1.807, 2.05) is 0 Å². The number of nitrogens with zero attached hydrogens (tertiary/aromatic N) is 1. The van der Waals surface area contributed by atoms with Crippen molar-refractivity contribution in [1.29, 1.82) is 0 Å². The summed E-state index contributed by atoms with van der Waals surface area (Å²) in [6, 6.07) is 3.26. The van der Waals surface area contributed by atoms with Gasteiger partial charge in [-0.2, -0.15) is 0 Å². The number of hydrogen-bond acceptors (Lipinski definition) is 3. The van der Waals surface area contributed by atoms with Crippen LogP contribution in [0.1, 0.15) is 0 Å². The Morgan fingerprint density at radius 3 is 2.50 bits per heavy atom. The average molecular weight is 197 g/mol. The number of anilines is 1. The van der Waals surface area contributed by atoms with Crippen LogP contribution < -0.4 is 10.6 Å². The van der Waals surface area contributed by atoms with Gasteiger partial charge < -0.3 is 10.6 Å². The van der Waals surface area contributed by atoms with Crippen molar-refractivity contribution >= 4 is 11.6 Å². The van der Waals surface area contributed by atoms with E-state index < -0.39 is 11.6 Å². The van der Waals surface area contributed by atoms with Crippen LogP contribution in [0, 0.1) is 11.6 Å². The minimum atomic E-state index is -0.605. The highest BCUT2D eigenvalue weighted by Gasteiger charge is 2.06. The molecule has 1 aliphatic heterocycles. The molecule has 3 nitrogen and oxygen atoms in total. The molecule has 0 aliphatic carbocycles. The summed E-state index contributed by atoms with van der Waals surface area (Å²) in [4.78, 5) is 4.04. The van der Waals surface area contributed by atoms with Crippen molar-refractivity contribution in [1.82, 2.24) is 5.32 Å². The van der Waals surface area contributed by atoms with Crippen molar-refractivity contribution in [2.45, 2.75) is 0 Å². The molecule has 0 radical (unpaired) electrons. The summed E-state index contributed by atoms with van der Waals surface area (Å²) >= 11 is 0. The van der Waals surface area contributed by atoms with Crippen LogP contribution in [-0.4, -0.2) is 19.0 Å². The quantitative estimate of drug-likeness (QED) is 0.712. The zero-order chi connectivity index (χ0) is 9.97. The van der Waals surface area contributed by atoms with Crippen molar-refractivity contribution in [3.8, 4) is 0 Å². The molecule has 2 rings (SSSR count).